The Morgan fingerprint density at radius 2 is 1.95 bits per heavy atom. The molecule has 0 saturated carbocycles. The Bertz CT molecular complexity index is 1680. The molecule has 0 unspecified atom stereocenters. The summed E-state index contributed by atoms with van der Waals surface area (Å²) in [5.74, 6) is 1.81. The van der Waals surface area contributed by atoms with E-state index >= 15 is 0 Å². The third-order valence-corrected chi connectivity index (χ3v) is 10.5. The summed E-state index contributed by atoms with van der Waals surface area (Å²) in [6, 6.07) is 5.56. The molecule has 0 amide bonds. The quantitative estimate of drug-likeness (QED) is 0.234. The average molecular weight is 618 g/mol. The highest BCUT2D eigenvalue weighted by molar-refractivity contribution is 7.84. The van der Waals surface area contributed by atoms with Crippen molar-refractivity contribution in [3.63, 3.8) is 0 Å². The normalized spacial score (nSPS) is 16.3. The highest BCUT2D eigenvalue weighted by Gasteiger charge is 2.40. The lowest BCUT2D eigenvalue weighted by atomic mass is 9.92. The maximum atomic E-state index is 13.1. The highest BCUT2D eigenvalue weighted by Crippen LogP contribution is 2.39. The Labute approximate surface area is 247 Å². The molecule has 41 heavy (non-hydrogen) atoms. The van der Waals surface area contributed by atoms with Gasteiger partial charge in [0.25, 0.3) is 5.19 Å². The second kappa shape index (κ2) is 11.0. The molecule has 1 aliphatic rings. The van der Waals surface area contributed by atoms with Crippen molar-refractivity contribution < 1.29 is 27.6 Å². The van der Waals surface area contributed by atoms with Crippen LogP contribution in [0.25, 0.3) is 27.4 Å². The fraction of sp³-hybridized carbons (Fsp3) is 0.444. The number of hydrogen-bond donors (Lipinski definition) is 1. The fourth-order valence-corrected chi connectivity index (χ4v) is 7.23. The van der Waals surface area contributed by atoms with E-state index < -0.39 is 21.3 Å². The molecule has 218 valence electrons. The van der Waals surface area contributed by atoms with Gasteiger partial charge in [-0.3, -0.25) is 0 Å². The van der Waals surface area contributed by atoms with E-state index in [1.54, 1.807) is 36.3 Å². The van der Waals surface area contributed by atoms with E-state index in [1.807, 2.05) is 44.4 Å². The summed E-state index contributed by atoms with van der Waals surface area (Å²) in [4.78, 5) is 10.3. The predicted octanol–water partition coefficient (Wildman–Crippen LogP) is 5.31. The Kier molecular flexibility index (Phi) is 7.53. The van der Waals surface area contributed by atoms with Gasteiger partial charge in [0, 0.05) is 30.7 Å². The van der Waals surface area contributed by atoms with Crippen molar-refractivity contribution in [2.75, 3.05) is 27.4 Å². The van der Waals surface area contributed by atoms with E-state index in [-0.39, 0.29) is 6.61 Å². The number of furan rings is 1. The van der Waals surface area contributed by atoms with E-state index in [0.717, 1.165) is 16.1 Å². The summed E-state index contributed by atoms with van der Waals surface area (Å²) >= 11 is 2.90. The first-order chi connectivity index (χ1) is 19.7. The lowest BCUT2D eigenvalue weighted by molar-refractivity contribution is 0.0460. The number of ether oxygens (including phenoxy) is 4. The van der Waals surface area contributed by atoms with Crippen LogP contribution in [-0.4, -0.2) is 56.0 Å². The van der Waals surface area contributed by atoms with Crippen LogP contribution < -0.4 is 18.9 Å². The van der Waals surface area contributed by atoms with Gasteiger partial charge in [-0.15, -0.1) is 16.4 Å². The molecule has 1 fully saturated rings. The van der Waals surface area contributed by atoms with Gasteiger partial charge in [0.2, 0.25) is 4.96 Å². The molecule has 0 radical (unpaired) electrons. The Hall–Kier alpha value is -3.04. The van der Waals surface area contributed by atoms with Gasteiger partial charge in [0.15, 0.2) is 5.76 Å². The highest BCUT2D eigenvalue weighted by atomic mass is 32.2. The largest absolute Gasteiger partial charge is 0.496 e. The van der Waals surface area contributed by atoms with Gasteiger partial charge < -0.3 is 23.4 Å². The van der Waals surface area contributed by atoms with Crippen LogP contribution in [0.15, 0.2) is 34.2 Å². The van der Waals surface area contributed by atoms with Crippen LogP contribution in [0.4, 0.5) is 0 Å². The van der Waals surface area contributed by atoms with E-state index in [4.69, 9.17) is 28.3 Å². The summed E-state index contributed by atoms with van der Waals surface area (Å²) < 4.78 is 46.5. The second-order valence-electron chi connectivity index (χ2n) is 10.7. The number of hydrogen-bond acceptors (Lipinski definition) is 11. The number of fused-ring (bicyclic) bond motifs is 2. The van der Waals surface area contributed by atoms with Crippen LogP contribution in [0.2, 0.25) is 0 Å². The van der Waals surface area contributed by atoms with Crippen LogP contribution >= 0.6 is 22.7 Å². The van der Waals surface area contributed by atoms with E-state index in [2.05, 4.69) is 14.8 Å². The first kappa shape index (κ1) is 28.1. The lowest BCUT2D eigenvalue weighted by Crippen LogP contribution is -2.51. The molecule has 5 heterocycles. The maximum absolute atomic E-state index is 13.1. The second-order valence-corrected chi connectivity index (χ2v) is 14.4. The monoisotopic (exact) mass is 617 g/mol. The Morgan fingerprint density at radius 1 is 1.15 bits per heavy atom. The van der Waals surface area contributed by atoms with Crippen LogP contribution in [-0.2, 0) is 27.9 Å². The zero-order valence-electron chi connectivity index (χ0n) is 23.4. The average Bonchev–Trinajstić information content (AvgIpc) is 3.74. The molecule has 5 aromatic rings. The van der Waals surface area contributed by atoms with Gasteiger partial charge in [0.1, 0.15) is 34.4 Å². The minimum absolute atomic E-state index is 0.248. The number of benzene rings is 1. The number of thiazole rings is 1. The van der Waals surface area contributed by atoms with Gasteiger partial charge in [-0.05, 0) is 51.0 Å². The molecule has 1 aliphatic heterocycles. The smallest absolute Gasteiger partial charge is 0.294 e. The molecule has 0 bridgehead atoms. The van der Waals surface area contributed by atoms with Crippen molar-refractivity contribution in [2.24, 2.45) is 0 Å². The van der Waals surface area contributed by atoms with Crippen LogP contribution in [0, 0.1) is 0 Å². The van der Waals surface area contributed by atoms with Gasteiger partial charge in [-0.2, -0.15) is 0 Å². The van der Waals surface area contributed by atoms with Crippen LogP contribution in [0.3, 0.4) is 0 Å². The predicted molar refractivity (Wildman–Crippen MR) is 158 cm³/mol. The minimum Gasteiger partial charge on any atom is -0.496 e. The number of nitrogens with zero attached hydrogens (tertiary/aromatic N) is 4. The van der Waals surface area contributed by atoms with Gasteiger partial charge in [-0.25, -0.2) is 23.4 Å². The molecule has 4 aromatic heterocycles. The van der Waals surface area contributed by atoms with Gasteiger partial charge in [0.05, 0.1) is 52.8 Å². The summed E-state index contributed by atoms with van der Waals surface area (Å²) in [5.41, 5.74) is 1.55. The van der Waals surface area contributed by atoms with Crippen molar-refractivity contribution in [1.29, 1.82) is 0 Å². The third kappa shape index (κ3) is 5.58. The van der Waals surface area contributed by atoms with Gasteiger partial charge in [-0.1, -0.05) is 0 Å². The van der Waals surface area contributed by atoms with E-state index in [0.29, 0.717) is 64.7 Å². The molecule has 0 aliphatic carbocycles. The molecular formula is C27H31N5O6S3. The maximum Gasteiger partial charge on any atom is 0.294 e. The molecule has 1 atom stereocenters. The van der Waals surface area contributed by atoms with Crippen molar-refractivity contribution >= 4 is 49.6 Å². The lowest BCUT2D eigenvalue weighted by Gasteiger charge is -2.37. The zero-order valence-corrected chi connectivity index (χ0v) is 25.8. The molecule has 11 nitrogen and oxygen atoms in total. The number of aromatic nitrogens is 4. The summed E-state index contributed by atoms with van der Waals surface area (Å²) in [6.07, 6.45) is 3.20. The first-order valence-electron chi connectivity index (χ1n) is 13.0. The van der Waals surface area contributed by atoms with E-state index in [1.165, 1.54) is 11.3 Å². The molecule has 1 aromatic carbocycles. The van der Waals surface area contributed by atoms with Crippen molar-refractivity contribution in [3.8, 4) is 28.1 Å². The molecule has 6 rings (SSSR count). The first-order valence-corrected chi connectivity index (χ1v) is 15.9. The number of methoxy groups -OCH3 is 2. The summed E-state index contributed by atoms with van der Waals surface area (Å²) in [6.45, 7) is 7.31. The minimum atomic E-state index is -1.25. The van der Waals surface area contributed by atoms with Crippen molar-refractivity contribution in [2.45, 2.75) is 50.5 Å². The van der Waals surface area contributed by atoms with Crippen LogP contribution in [0.1, 0.15) is 44.3 Å². The van der Waals surface area contributed by atoms with E-state index in [9.17, 15) is 4.21 Å². The molecule has 1 N–H and O–H groups in total. The topological polar surface area (TPSA) is 122 Å². The summed E-state index contributed by atoms with van der Waals surface area (Å²) in [7, 11) is 1.93. The summed E-state index contributed by atoms with van der Waals surface area (Å²) in [5, 5.41) is 8.55. The fourth-order valence-electron chi connectivity index (χ4n) is 4.48. The standard InChI is InChI=1S/C27H31N5O6S3/c1-26(2,3)41(33)31-27(6-8-36-9-7-27)23-28-16(15-39-23)14-37-20-10-17(34-4)11-21-18(20)12-22(38-21)19-13-32-24(29-19)40-25(30-32)35-5/h10-13,15,31H,6-9,14H2,1-5H3/t41-/m1/s1. The van der Waals surface area contributed by atoms with Gasteiger partial charge >= 0.3 is 0 Å². The Balaban J connectivity index is 1.25. The Morgan fingerprint density at radius 3 is 2.66 bits per heavy atom. The van der Waals surface area contributed by atoms with Crippen LogP contribution in [0.5, 0.6) is 16.7 Å². The number of rotatable bonds is 9. The molecule has 14 heteroatoms. The molecule has 1 saturated heterocycles. The van der Waals surface area contributed by atoms with Crippen molar-refractivity contribution in [3.05, 3.63) is 40.5 Å². The zero-order chi connectivity index (χ0) is 28.8. The number of nitrogens with one attached hydrogen (secondary N) is 1. The molecule has 0 spiro atoms. The van der Waals surface area contributed by atoms with Crippen molar-refractivity contribution in [1.82, 2.24) is 24.3 Å². The third-order valence-electron chi connectivity index (χ3n) is 6.79. The number of imidazole rings is 1. The SMILES string of the molecule is COc1cc(OCc2csc(C3(N[S@](=O)C(C)(C)C)CCOCC3)n2)c2cc(-c3cn4nc(OC)sc4n3)oc2c1. The molecular weight excluding hydrogens is 587 g/mol.